The zero-order valence-corrected chi connectivity index (χ0v) is 13.8. The number of furan rings is 1. The zero-order chi connectivity index (χ0) is 16.9. The lowest BCUT2D eigenvalue weighted by atomic mass is 10.3. The van der Waals surface area contributed by atoms with Crippen molar-refractivity contribution in [2.75, 3.05) is 5.32 Å². The molecule has 0 saturated heterocycles. The predicted molar refractivity (Wildman–Crippen MR) is 91.7 cm³/mol. The average molecular weight is 363 g/mol. The maximum Gasteiger partial charge on any atom is 0.270 e. The first-order valence-corrected chi connectivity index (χ1v) is 7.73. The maximum atomic E-state index is 12.2. The molecule has 2 aromatic heterocycles. The van der Waals surface area contributed by atoms with E-state index in [1.54, 1.807) is 36.6 Å². The minimum atomic E-state index is -0.345. The summed E-state index contributed by atoms with van der Waals surface area (Å²) in [5.41, 5.74) is 0.726. The van der Waals surface area contributed by atoms with Crippen LogP contribution in [0.3, 0.4) is 0 Å². The van der Waals surface area contributed by atoms with Crippen LogP contribution in [0.25, 0.3) is 0 Å². The number of carbonyl (C=O) groups is 1. The molecule has 2 N–H and O–H groups in total. The van der Waals surface area contributed by atoms with Gasteiger partial charge in [-0.3, -0.25) is 4.79 Å². The predicted octanol–water partition coefficient (Wildman–Crippen LogP) is 4.05. The number of para-hydroxylation sites is 1. The van der Waals surface area contributed by atoms with Crippen LogP contribution in [-0.4, -0.2) is 15.9 Å². The lowest BCUT2D eigenvalue weighted by Crippen LogP contribution is -2.23. The molecule has 0 unspecified atom stereocenters. The minimum Gasteiger partial charge on any atom is -0.467 e. The van der Waals surface area contributed by atoms with Gasteiger partial charge in [0.05, 0.1) is 28.5 Å². The molecule has 0 bridgehead atoms. The number of hydrogen-bond acceptors (Lipinski definition) is 5. The third kappa shape index (κ3) is 3.84. The van der Waals surface area contributed by atoms with Gasteiger partial charge in [0.2, 0.25) is 0 Å². The molecule has 0 aliphatic rings. The Morgan fingerprint density at radius 1 is 1.12 bits per heavy atom. The van der Waals surface area contributed by atoms with Gasteiger partial charge < -0.3 is 15.1 Å². The normalized spacial score (nSPS) is 10.4. The Kier molecular flexibility index (Phi) is 4.98. The number of nitrogens with zero attached hydrogens (tertiary/aromatic N) is 2. The van der Waals surface area contributed by atoms with Gasteiger partial charge in [0.15, 0.2) is 0 Å². The van der Waals surface area contributed by atoms with E-state index < -0.39 is 0 Å². The van der Waals surface area contributed by atoms with Gasteiger partial charge in [0, 0.05) is 6.07 Å². The first kappa shape index (κ1) is 16.3. The van der Waals surface area contributed by atoms with Crippen LogP contribution in [0, 0.1) is 0 Å². The Morgan fingerprint density at radius 3 is 2.62 bits per heavy atom. The standard InChI is InChI=1S/C16H12Cl2N4O2/c17-11-4-1-5-12(18)15(11)22-14-7-13(20-9-21-14)16(23)19-8-10-3-2-6-24-10/h1-7,9H,8H2,(H,19,23)(H,20,21,22). The fourth-order valence-corrected chi connectivity index (χ4v) is 2.46. The summed E-state index contributed by atoms with van der Waals surface area (Å²) >= 11 is 12.2. The van der Waals surface area contributed by atoms with Crippen molar-refractivity contribution in [2.45, 2.75) is 6.54 Å². The van der Waals surface area contributed by atoms with Crippen molar-refractivity contribution in [3.05, 3.63) is 70.5 Å². The van der Waals surface area contributed by atoms with E-state index >= 15 is 0 Å². The number of carbonyl (C=O) groups excluding carboxylic acids is 1. The first-order valence-electron chi connectivity index (χ1n) is 6.97. The Labute approximate surface area is 147 Å². The van der Waals surface area contributed by atoms with E-state index in [1.165, 1.54) is 12.4 Å². The van der Waals surface area contributed by atoms with E-state index in [0.29, 0.717) is 27.3 Å². The lowest BCUT2D eigenvalue weighted by Gasteiger charge is -2.10. The van der Waals surface area contributed by atoms with Crippen molar-refractivity contribution in [3.8, 4) is 0 Å². The van der Waals surface area contributed by atoms with Gasteiger partial charge in [-0.1, -0.05) is 29.3 Å². The van der Waals surface area contributed by atoms with Crippen molar-refractivity contribution in [2.24, 2.45) is 0 Å². The van der Waals surface area contributed by atoms with Crippen LogP contribution in [0.5, 0.6) is 0 Å². The molecule has 1 amide bonds. The van der Waals surface area contributed by atoms with Gasteiger partial charge in [-0.05, 0) is 24.3 Å². The quantitative estimate of drug-likeness (QED) is 0.715. The van der Waals surface area contributed by atoms with E-state index in [0.717, 1.165) is 0 Å². The molecule has 6 nitrogen and oxygen atoms in total. The summed E-state index contributed by atoms with van der Waals surface area (Å²) in [6.07, 6.45) is 2.83. The molecule has 0 fully saturated rings. The van der Waals surface area contributed by atoms with Crippen LogP contribution in [0.4, 0.5) is 11.5 Å². The molecule has 0 radical (unpaired) electrons. The summed E-state index contributed by atoms with van der Waals surface area (Å²) < 4.78 is 5.16. The highest BCUT2D eigenvalue weighted by molar-refractivity contribution is 6.39. The number of anilines is 2. The summed E-state index contributed by atoms with van der Waals surface area (Å²) in [5.74, 6) is 0.712. The maximum absolute atomic E-state index is 12.2. The number of hydrogen-bond donors (Lipinski definition) is 2. The van der Waals surface area contributed by atoms with E-state index in [9.17, 15) is 4.79 Å². The summed E-state index contributed by atoms with van der Waals surface area (Å²) in [5, 5.41) is 6.60. The Morgan fingerprint density at radius 2 is 1.92 bits per heavy atom. The SMILES string of the molecule is O=C(NCc1ccco1)c1cc(Nc2c(Cl)cccc2Cl)ncn1. The molecule has 3 rings (SSSR count). The highest BCUT2D eigenvalue weighted by atomic mass is 35.5. The number of rotatable bonds is 5. The molecular formula is C16H12Cl2N4O2. The molecule has 0 spiro atoms. The number of nitrogens with one attached hydrogen (secondary N) is 2. The van der Waals surface area contributed by atoms with E-state index in [1.807, 2.05) is 0 Å². The minimum absolute atomic E-state index is 0.210. The number of amides is 1. The van der Waals surface area contributed by atoms with Crippen LogP contribution in [0.15, 0.2) is 53.4 Å². The fraction of sp³-hybridized carbons (Fsp3) is 0.0625. The second kappa shape index (κ2) is 7.33. The van der Waals surface area contributed by atoms with Crippen LogP contribution < -0.4 is 10.6 Å². The molecule has 8 heteroatoms. The number of benzene rings is 1. The number of aromatic nitrogens is 2. The van der Waals surface area contributed by atoms with E-state index in [2.05, 4.69) is 20.6 Å². The fourth-order valence-electron chi connectivity index (χ4n) is 1.97. The Bertz CT molecular complexity index is 833. The Hall–Kier alpha value is -2.57. The van der Waals surface area contributed by atoms with Crippen molar-refractivity contribution in [1.82, 2.24) is 15.3 Å². The molecular weight excluding hydrogens is 351 g/mol. The molecule has 0 aliphatic carbocycles. The van der Waals surface area contributed by atoms with Gasteiger partial charge in [-0.25, -0.2) is 9.97 Å². The lowest BCUT2D eigenvalue weighted by molar-refractivity contribution is 0.0943. The summed E-state index contributed by atoms with van der Waals surface area (Å²) in [6.45, 7) is 0.273. The molecule has 1 aromatic carbocycles. The topological polar surface area (TPSA) is 80.0 Å². The van der Waals surface area contributed by atoms with Crippen LogP contribution in [-0.2, 0) is 6.54 Å². The van der Waals surface area contributed by atoms with Gasteiger partial charge >= 0.3 is 0 Å². The smallest absolute Gasteiger partial charge is 0.270 e. The largest absolute Gasteiger partial charge is 0.467 e. The molecule has 2 heterocycles. The van der Waals surface area contributed by atoms with Gasteiger partial charge in [0.25, 0.3) is 5.91 Å². The molecule has 3 aromatic rings. The monoisotopic (exact) mass is 362 g/mol. The van der Waals surface area contributed by atoms with Crippen LogP contribution >= 0.6 is 23.2 Å². The zero-order valence-electron chi connectivity index (χ0n) is 12.3. The Balaban J connectivity index is 1.73. The van der Waals surface area contributed by atoms with E-state index in [-0.39, 0.29) is 18.1 Å². The molecule has 0 saturated carbocycles. The molecule has 0 atom stereocenters. The molecule has 122 valence electrons. The van der Waals surface area contributed by atoms with Crippen molar-refractivity contribution >= 4 is 40.6 Å². The highest BCUT2D eigenvalue weighted by Crippen LogP contribution is 2.31. The van der Waals surface area contributed by atoms with E-state index in [4.69, 9.17) is 27.6 Å². The van der Waals surface area contributed by atoms with Crippen molar-refractivity contribution in [3.63, 3.8) is 0 Å². The highest BCUT2D eigenvalue weighted by Gasteiger charge is 2.11. The van der Waals surface area contributed by atoms with Crippen molar-refractivity contribution in [1.29, 1.82) is 0 Å². The average Bonchev–Trinajstić information content (AvgIpc) is 3.10. The number of halogens is 2. The summed E-state index contributed by atoms with van der Waals surface area (Å²) in [7, 11) is 0. The van der Waals surface area contributed by atoms with Gasteiger partial charge in [-0.2, -0.15) is 0 Å². The van der Waals surface area contributed by atoms with Gasteiger partial charge in [-0.15, -0.1) is 0 Å². The van der Waals surface area contributed by atoms with Crippen LogP contribution in [0.1, 0.15) is 16.2 Å². The molecule has 0 aliphatic heterocycles. The molecule has 24 heavy (non-hydrogen) atoms. The van der Waals surface area contributed by atoms with Crippen molar-refractivity contribution < 1.29 is 9.21 Å². The second-order valence-electron chi connectivity index (χ2n) is 4.77. The van der Waals surface area contributed by atoms with Gasteiger partial charge in [0.1, 0.15) is 23.6 Å². The van der Waals surface area contributed by atoms with Crippen LogP contribution in [0.2, 0.25) is 10.0 Å². The third-order valence-electron chi connectivity index (χ3n) is 3.12. The summed E-state index contributed by atoms with van der Waals surface area (Å²) in [6, 6.07) is 10.2. The second-order valence-corrected chi connectivity index (χ2v) is 5.59. The third-order valence-corrected chi connectivity index (χ3v) is 3.75. The first-order chi connectivity index (χ1) is 11.6. The summed E-state index contributed by atoms with van der Waals surface area (Å²) in [4.78, 5) is 20.2.